The number of amides is 1. The Morgan fingerprint density at radius 1 is 1.15 bits per heavy atom. The number of hydrogen-bond acceptors (Lipinski definition) is 3. The lowest BCUT2D eigenvalue weighted by molar-refractivity contribution is -0.131. The minimum atomic E-state index is 0.172. The van der Waals surface area contributed by atoms with Gasteiger partial charge in [0.05, 0.1) is 13.7 Å². The Labute approximate surface area is 156 Å². The van der Waals surface area contributed by atoms with Crippen LogP contribution in [0.2, 0.25) is 0 Å². The number of hydrogen-bond donors (Lipinski definition) is 0. The van der Waals surface area contributed by atoms with E-state index in [1.54, 1.807) is 7.11 Å². The van der Waals surface area contributed by atoms with E-state index in [1.807, 2.05) is 24.1 Å². The molecule has 0 spiro atoms. The Kier molecular flexibility index (Phi) is 5.94. The lowest BCUT2D eigenvalue weighted by Crippen LogP contribution is -2.37. The van der Waals surface area contributed by atoms with Gasteiger partial charge in [-0.15, -0.1) is 0 Å². The molecule has 2 aromatic rings. The summed E-state index contributed by atoms with van der Waals surface area (Å²) in [4.78, 5) is 16.8. The minimum absolute atomic E-state index is 0.172. The molecule has 3 rings (SSSR count). The number of likely N-dealkylation sites (tertiary alicyclic amines) is 1. The van der Waals surface area contributed by atoms with Gasteiger partial charge in [-0.3, -0.25) is 9.69 Å². The molecule has 26 heavy (non-hydrogen) atoms. The molecule has 138 valence electrons. The normalized spacial score (nSPS) is 17.3. The highest BCUT2D eigenvalue weighted by molar-refractivity contribution is 5.78. The maximum atomic E-state index is 12.7. The van der Waals surface area contributed by atoms with Gasteiger partial charge >= 0.3 is 0 Å². The molecular formula is C22H28N2O2. The van der Waals surface area contributed by atoms with E-state index in [9.17, 15) is 4.79 Å². The van der Waals surface area contributed by atoms with Gasteiger partial charge in [-0.05, 0) is 49.6 Å². The van der Waals surface area contributed by atoms with Crippen LogP contribution in [0.1, 0.15) is 35.6 Å². The Hall–Kier alpha value is -2.33. The zero-order chi connectivity index (χ0) is 18.5. The summed E-state index contributed by atoms with van der Waals surface area (Å²) in [5.41, 5.74) is 3.67. The molecule has 0 aliphatic carbocycles. The molecule has 1 saturated heterocycles. The van der Waals surface area contributed by atoms with Crippen molar-refractivity contribution in [2.75, 3.05) is 27.2 Å². The number of likely N-dealkylation sites (N-methyl/N-ethyl adjacent to an activating group) is 1. The predicted molar refractivity (Wildman–Crippen MR) is 104 cm³/mol. The molecule has 1 heterocycles. The second-order valence-corrected chi connectivity index (χ2v) is 7.14. The van der Waals surface area contributed by atoms with E-state index in [0.29, 0.717) is 19.1 Å². The molecule has 0 saturated carbocycles. The summed E-state index contributed by atoms with van der Waals surface area (Å²) in [6, 6.07) is 16.9. The van der Waals surface area contributed by atoms with Crippen LogP contribution in [0, 0.1) is 6.92 Å². The van der Waals surface area contributed by atoms with E-state index in [4.69, 9.17) is 4.74 Å². The maximum absolute atomic E-state index is 12.7. The summed E-state index contributed by atoms with van der Waals surface area (Å²) in [6.45, 7) is 4.17. The molecule has 4 heteroatoms. The standard InChI is InChI=1S/C22H28N2O2/c1-17-6-8-18(9-7-17)15-23(2)22(25)16-24-14-4-5-21(24)19-10-12-20(26-3)13-11-19/h6-13,21H,4-5,14-16H2,1-3H3/t21-/m1/s1. The third-order valence-electron chi connectivity index (χ3n) is 5.17. The number of aryl methyl sites for hydroxylation is 1. The van der Waals surface area contributed by atoms with Crippen LogP contribution in [0.15, 0.2) is 48.5 Å². The summed E-state index contributed by atoms with van der Waals surface area (Å²) in [6.07, 6.45) is 2.23. The third kappa shape index (κ3) is 4.44. The Morgan fingerprint density at radius 2 is 1.85 bits per heavy atom. The fraction of sp³-hybridized carbons (Fsp3) is 0.409. The molecule has 1 aliphatic heterocycles. The van der Waals surface area contributed by atoms with E-state index in [2.05, 4.69) is 48.2 Å². The van der Waals surface area contributed by atoms with Crippen LogP contribution in [0.25, 0.3) is 0 Å². The molecule has 0 radical (unpaired) electrons. The van der Waals surface area contributed by atoms with Gasteiger partial charge in [0.1, 0.15) is 5.75 Å². The van der Waals surface area contributed by atoms with Crippen LogP contribution in [-0.4, -0.2) is 43.0 Å². The number of benzene rings is 2. The summed E-state index contributed by atoms with van der Waals surface area (Å²) in [7, 11) is 3.57. The second-order valence-electron chi connectivity index (χ2n) is 7.14. The Bertz CT molecular complexity index is 725. The van der Waals surface area contributed by atoms with Crippen molar-refractivity contribution in [1.82, 2.24) is 9.80 Å². The number of ether oxygens (including phenoxy) is 1. The molecule has 0 aromatic heterocycles. The fourth-order valence-electron chi connectivity index (χ4n) is 3.57. The van der Waals surface area contributed by atoms with Crippen molar-refractivity contribution in [3.05, 3.63) is 65.2 Å². The van der Waals surface area contributed by atoms with Crippen molar-refractivity contribution in [2.24, 2.45) is 0 Å². The van der Waals surface area contributed by atoms with Crippen LogP contribution in [-0.2, 0) is 11.3 Å². The van der Waals surface area contributed by atoms with Crippen LogP contribution >= 0.6 is 0 Å². The van der Waals surface area contributed by atoms with Crippen molar-refractivity contribution in [3.63, 3.8) is 0 Å². The van der Waals surface area contributed by atoms with Gasteiger partial charge < -0.3 is 9.64 Å². The SMILES string of the molecule is COc1ccc([C@H]2CCCN2CC(=O)N(C)Cc2ccc(C)cc2)cc1. The summed E-state index contributed by atoms with van der Waals surface area (Å²) >= 11 is 0. The molecule has 0 unspecified atom stereocenters. The van der Waals surface area contributed by atoms with Crippen molar-refractivity contribution in [1.29, 1.82) is 0 Å². The van der Waals surface area contributed by atoms with Crippen LogP contribution < -0.4 is 4.74 Å². The first-order valence-electron chi connectivity index (χ1n) is 9.24. The van der Waals surface area contributed by atoms with Crippen molar-refractivity contribution >= 4 is 5.91 Å². The summed E-state index contributed by atoms with van der Waals surface area (Å²) in [5, 5.41) is 0. The zero-order valence-corrected chi connectivity index (χ0v) is 15.9. The molecule has 1 fully saturated rings. The first-order valence-corrected chi connectivity index (χ1v) is 9.24. The van der Waals surface area contributed by atoms with Crippen molar-refractivity contribution in [2.45, 2.75) is 32.4 Å². The number of methoxy groups -OCH3 is 1. The van der Waals surface area contributed by atoms with E-state index < -0.39 is 0 Å². The smallest absolute Gasteiger partial charge is 0.236 e. The third-order valence-corrected chi connectivity index (χ3v) is 5.17. The topological polar surface area (TPSA) is 32.8 Å². The van der Waals surface area contributed by atoms with E-state index >= 15 is 0 Å². The van der Waals surface area contributed by atoms with Gasteiger partial charge in [0.15, 0.2) is 0 Å². The van der Waals surface area contributed by atoms with Crippen LogP contribution in [0.4, 0.5) is 0 Å². The fourth-order valence-corrected chi connectivity index (χ4v) is 3.57. The highest BCUT2D eigenvalue weighted by atomic mass is 16.5. The molecule has 1 amide bonds. The molecule has 0 N–H and O–H groups in total. The number of nitrogens with zero attached hydrogens (tertiary/aromatic N) is 2. The highest BCUT2D eigenvalue weighted by Crippen LogP contribution is 2.32. The van der Waals surface area contributed by atoms with Crippen LogP contribution in [0.3, 0.4) is 0 Å². The van der Waals surface area contributed by atoms with Gasteiger partial charge in [0, 0.05) is 19.6 Å². The summed E-state index contributed by atoms with van der Waals surface area (Å²) < 4.78 is 5.24. The van der Waals surface area contributed by atoms with Gasteiger partial charge in [-0.2, -0.15) is 0 Å². The minimum Gasteiger partial charge on any atom is -0.497 e. The lowest BCUT2D eigenvalue weighted by Gasteiger charge is -2.27. The largest absolute Gasteiger partial charge is 0.497 e. The predicted octanol–water partition coefficient (Wildman–Crippen LogP) is 3.80. The van der Waals surface area contributed by atoms with Crippen LogP contribution in [0.5, 0.6) is 5.75 Å². The number of carbonyl (C=O) groups is 1. The van der Waals surface area contributed by atoms with Gasteiger partial charge in [-0.25, -0.2) is 0 Å². The molecular weight excluding hydrogens is 324 g/mol. The highest BCUT2D eigenvalue weighted by Gasteiger charge is 2.28. The number of carbonyl (C=O) groups excluding carboxylic acids is 1. The van der Waals surface area contributed by atoms with Gasteiger partial charge in [0.2, 0.25) is 5.91 Å². The van der Waals surface area contributed by atoms with E-state index in [0.717, 1.165) is 25.1 Å². The molecule has 2 aromatic carbocycles. The molecule has 1 aliphatic rings. The molecule has 1 atom stereocenters. The quantitative estimate of drug-likeness (QED) is 0.793. The summed E-state index contributed by atoms with van der Waals surface area (Å²) in [5.74, 6) is 1.04. The van der Waals surface area contributed by atoms with Crippen molar-refractivity contribution < 1.29 is 9.53 Å². The Balaban J connectivity index is 1.60. The zero-order valence-electron chi connectivity index (χ0n) is 15.9. The van der Waals surface area contributed by atoms with Crippen molar-refractivity contribution in [3.8, 4) is 5.75 Å². The number of rotatable bonds is 6. The van der Waals surface area contributed by atoms with E-state index in [-0.39, 0.29) is 5.91 Å². The van der Waals surface area contributed by atoms with Gasteiger partial charge in [-0.1, -0.05) is 42.0 Å². The van der Waals surface area contributed by atoms with Gasteiger partial charge in [0.25, 0.3) is 0 Å². The first-order chi connectivity index (χ1) is 12.6. The second kappa shape index (κ2) is 8.37. The first kappa shape index (κ1) is 18.5. The maximum Gasteiger partial charge on any atom is 0.236 e. The van der Waals surface area contributed by atoms with E-state index in [1.165, 1.54) is 16.7 Å². The lowest BCUT2D eigenvalue weighted by atomic mass is 10.0. The molecule has 0 bridgehead atoms. The molecule has 4 nitrogen and oxygen atoms in total. The Morgan fingerprint density at radius 3 is 2.50 bits per heavy atom. The monoisotopic (exact) mass is 352 g/mol. The average molecular weight is 352 g/mol. The average Bonchev–Trinajstić information content (AvgIpc) is 3.11.